The molecule has 0 radical (unpaired) electrons. The molecule has 7 nitrogen and oxygen atoms in total. The molecule has 2 aromatic carbocycles. The predicted octanol–water partition coefficient (Wildman–Crippen LogP) is 2.55. The number of H-pyrrole nitrogens is 1. The Kier molecular flexibility index (Phi) is 5.03. The topological polar surface area (TPSA) is 97.6 Å². The molecule has 0 amide bonds. The standard InChI is InChI=1S/C18H21N5O2/c1-24-12-7-8-16(25-2)15(11-12)23-18(19)20-10-9-17-21-13-5-3-4-6-14(13)22-17/h3-8,11H,9-10H2,1-2H3,(H,21,22)(H3,19,20,23). The lowest BCUT2D eigenvalue weighted by Crippen LogP contribution is -2.23. The van der Waals surface area contributed by atoms with Crippen LogP contribution in [0.15, 0.2) is 47.5 Å². The van der Waals surface area contributed by atoms with Crippen LogP contribution < -0.4 is 20.5 Å². The summed E-state index contributed by atoms with van der Waals surface area (Å²) in [5.41, 5.74) is 8.65. The third-order valence-corrected chi connectivity index (χ3v) is 3.74. The van der Waals surface area contributed by atoms with Crippen LogP contribution in [0.2, 0.25) is 0 Å². The van der Waals surface area contributed by atoms with Crippen LogP contribution in [0.3, 0.4) is 0 Å². The number of nitrogens with one attached hydrogen (secondary N) is 2. The van der Waals surface area contributed by atoms with Gasteiger partial charge in [0.1, 0.15) is 17.3 Å². The third kappa shape index (κ3) is 4.00. The number of para-hydroxylation sites is 2. The number of hydrogen-bond donors (Lipinski definition) is 3. The molecule has 0 unspecified atom stereocenters. The Hall–Kier alpha value is -3.22. The van der Waals surface area contributed by atoms with Gasteiger partial charge in [-0.25, -0.2) is 4.98 Å². The molecule has 130 valence electrons. The minimum atomic E-state index is 0.308. The van der Waals surface area contributed by atoms with Gasteiger partial charge < -0.3 is 25.5 Å². The Morgan fingerprint density at radius 3 is 2.80 bits per heavy atom. The Morgan fingerprint density at radius 1 is 1.20 bits per heavy atom. The Morgan fingerprint density at radius 2 is 2.04 bits per heavy atom. The predicted molar refractivity (Wildman–Crippen MR) is 99.5 cm³/mol. The fraction of sp³-hybridized carbons (Fsp3) is 0.222. The first-order chi connectivity index (χ1) is 12.2. The fourth-order valence-corrected chi connectivity index (χ4v) is 2.50. The van der Waals surface area contributed by atoms with Gasteiger partial charge in [0.15, 0.2) is 5.96 Å². The van der Waals surface area contributed by atoms with Gasteiger partial charge in [-0.3, -0.25) is 4.99 Å². The molecule has 1 aromatic heterocycles. The number of nitrogens with two attached hydrogens (primary N) is 1. The summed E-state index contributed by atoms with van der Waals surface area (Å²) in [5.74, 6) is 2.56. The molecule has 3 rings (SSSR count). The molecule has 0 aliphatic heterocycles. The molecule has 0 bridgehead atoms. The van der Waals surface area contributed by atoms with Gasteiger partial charge in [-0.2, -0.15) is 0 Å². The maximum Gasteiger partial charge on any atom is 0.193 e. The fourth-order valence-electron chi connectivity index (χ4n) is 2.50. The molecule has 1 heterocycles. The van der Waals surface area contributed by atoms with Crippen molar-refractivity contribution in [3.8, 4) is 11.5 Å². The molecular weight excluding hydrogens is 318 g/mol. The first-order valence-electron chi connectivity index (χ1n) is 7.92. The van der Waals surface area contributed by atoms with E-state index >= 15 is 0 Å². The number of ether oxygens (including phenoxy) is 2. The number of aliphatic imine (C=N–C) groups is 1. The number of fused-ring (bicyclic) bond motifs is 1. The van der Waals surface area contributed by atoms with Crippen LogP contribution in [0.4, 0.5) is 5.69 Å². The maximum atomic E-state index is 5.97. The SMILES string of the molecule is COc1ccc(OC)c(NC(N)=NCCc2nc3ccccc3[nH]2)c1. The summed E-state index contributed by atoms with van der Waals surface area (Å²) in [6.07, 6.45) is 0.673. The van der Waals surface area contributed by atoms with Gasteiger partial charge in [-0.1, -0.05) is 12.1 Å². The van der Waals surface area contributed by atoms with E-state index in [1.165, 1.54) is 0 Å². The number of nitrogens with zero attached hydrogens (tertiary/aromatic N) is 2. The molecule has 3 aromatic rings. The van der Waals surface area contributed by atoms with Crippen LogP contribution in [-0.4, -0.2) is 36.7 Å². The second-order valence-electron chi connectivity index (χ2n) is 5.41. The van der Waals surface area contributed by atoms with Gasteiger partial charge in [-0.05, 0) is 24.3 Å². The van der Waals surface area contributed by atoms with Crippen molar-refractivity contribution in [2.75, 3.05) is 26.1 Å². The number of benzene rings is 2. The van der Waals surface area contributed by atoms with E-state index in [9.17, 15) is 0 Å². The molecule has 0 aliphatic rings. The van der Waals surface area contributed by atoms with Crippen molar-refractivity contribution in [2.24, 2.45) is 10.7 Å². The van der Waals surface area contributed by atoms with Crippen LogP contribution in [0, 0.1) is 0 Å². The lowest BCUT2D eigenvalue weighted by atomic mass is 10.2. The van der Waals surface area contributed by atoms with Crippen LogP contribution in [0.1, 0.15) is 5.82 Å². The van der Waals surface area contributed by atoms with Crippen LogP contribution >= 0.6 is 0 Å². The molecule has 0 aliphatic carbocycles. The Balaban J connectivity index is 1.64. The van der Waals surface area contributed by atoms with Crippen molar-refractivity contribution < 1.29 is 9.47 Å². The summed E-state index contributed by atoms with van der Waals surface area (Å²) in [4.78, 5) is 12.1. The normalized spacial score (nSPS) is 11.5. The van der Waals surface area contributed by atoms with E-state index in [1.54, 1.807) is 20.3 Å². The molecule has 0 saturated heterocycles. The summed E-state index contributed by atoms with van der Waals surface area (Å²) in [7, 11) is 3.21. The largest absolute Gasteiger partial charge is 0.497 e. The Labute approximate surface area is 145 Å². The van der Waals surface area contributed by atoms with E-state index < -0.39 is 0 Å². The number of hydrogen-bond acceptors (Lipinski definition) is 4. The van der Waals surface area contributed by atoms with Crippen LogP contribution in [-0.2, 0) is 6.42 Å². The lowest BCUT2D eigenvalue weighted by molar-refractivity contribution is 0.405. The number of aromatic nitrogens is 2. The molecule has 25 heavy (non-hydrogen) atoms. The summed E-state index contributed by atoms with van der Waals surface area (Å²) in [6, 6.07) is 13.4. The van der Waals surface area contributed by atoms with Crippen LogP contribution in [0.5, 0.6) is 11.5 Å². The third-order valence-electron chi connectivity index (χ3n) is 3.74. The average Bonchev–Trinajstić information content (AvgIpc) is 3.04. The highest BCUT2D eigenvalue weighted by molar-refractivity contribution is 5.94. The molecular formula is C18H21N5O2. The van der Waals surface area contributed by atoms with Crippen molar-refractivity contribution in [2.45, 2.75) is 6.42 Å². The second-order valence-corrected chi connectivity index (χ2v) is 5.41. The highest BCUT2D eigenvalue weighted by atomic mass is 16.5. The zero-order chi connectivity index (χ0) is 17.6. The first-order valence-corrected chi connectivity index (χ1v) is 7.92. The van der Waals surface area contributed by atoms with E-state index in [2.05, 4.69) is 20.3 Å². The minimum absolute atomic E-state index is 0.308. The summed E-state index contributed by atoms with van der Waals surface area (Å²) < 4.78 is 10.5. The molecule has 0 spiro atoms. The van der Waals surface area contributed by atoms with Gasteiger partial charge in [0, 0.05) is 19.0 Å². The van der Waals surface area contributed by atoms with Gasteiger partial charge in [0.05, 0.1) is 30.9 Å². The maximum absolute atomic E-state index is 5.97. The van der Waals surface area contributed by atoms with E-state index in [0.29, 0.717) is 36.1 Å². The van der Waals surface area contributed by atoms with Crippen molar-refractivity contribution in [1.82, 2.24) is 9.97 Å². The van der Waals surface area contributed by atoms with Crippen LogP contribution in [0.25, 0.3) is 11.0 Å². The number of anilines is 1. The van der Waals surface area contributed by atoms with Gasteiger partial charge in [0.25, 0.3) is 0 Å². The highest BCUT2D eigenvalue weighted by Gasteiger charge is 2.06. The number of imidazole rings is 1. The number of methoxy groups -OCH3 is 2. The first kappa shape index (κ1) is 16.6. The number of rotatable bonds is 6. The van der Waals surface area contributed by atoms with E-state index in [0.717, 1.165) is 16.9 Å². The highest BCUT2D eigenvalue weighted by Crippen LogP contribution is 2.28. The van der Waals surface area contributed by atoms with Crippen molar-refractivity contribution in [1.29, 1.82) is 0 Å². The number of aromatic amines is 1. The minimum Gasteiger partial charge on any atom is -0.497 e. The van der Waals surface area contributed by atoms with E-state index in [1.807, 2.05) is 36.4 Å². The summed E-state index contributed by atoms with van der Waals surface area (Å²) >= 11 is 0. The van der Waals surface area contributed by atoms with Crippen molar-refractivity contribution in [3.63, 3.8) is 0 Å². The monoisotopic (exact) mass is 339 g/mol. The molecule has 4 N–H and O–H groups in total. The van der Waals surface area contributed by atoms with E-state index in [4.69, 9.17) is 15.2 Å². The summed E-state index contributed by atoms with van der Waals surface area (Å²) in [5, 5.41) is 3.04. The quantitative estimate of drug-likeness (QED) is 0.474. The summed E-state index contributed by atoms with van der Waals surface area (Å²) in [6.45, 7) is 0.519. The van der Waals surface area contributed by atoms with Crippen molar-refractivity contribution in [3.05, 3.63) is 48.3 Å². The van der Waals surface area contributed by atoms with Gasteiger partial charge >= 0.3 is 0 Å². The molecule has 0 atom stereocenters. The van der Waals surface area contributed by atoms with E-state index in [-0.39, 0.29) is 0 Å². The molecule has 0 saturated carbocycles. The van der Waals surface area contributed by atoms with Gasteiger partial charge in [0.2, 0.25) is 0 Å². The zero-order valence-electron chi connectivity index (χ0n) is 14.2. The average molecular weight is 339 g/mol. The Bertz CT molecular complexity index is 855. The molecule has 0 fully saturated rings. The second kappa shape index (κ2) is 7.57. The number of guanidine groups is 1. The lowest BCUT2D eigenvalue weighted by Gasteiger charge is -2.12. The van der Waals surface area contributed by atoms with Crippen molar-refractivity contribution >= 4 is 22.7 Å². The smallest absolute Gasteiger partial charge is 0.193 e. The molecule has 7 heteroatoms. The zero-order valence-corrected chi connectivity index (χ0v) is 14.2. The van der Waals surface area contributed by atoms with Gasteiger partial charge in [-0.15, -0.1) is 0 Å².